The van der Waals surface area contributed by atoms with Crippen LogP contribution in [-0.2, 0) is 14.9 Å². The van der Waals surface area contributed by atoms with Crippen LogP contribution < -0.4 is 10.9 Å². The van der Waals surface area contributed by atoms with Gasteiger partial charge in [0.25, 0.3) is 10.1 Å². The number of ketones is 2. The molecule has 102 valence electrons. The first kappa shape index (κ1) is 15.0. The highest BCUT2D eigenvalue weighted by Crippen LogP contribution is 2.31. The number of ether oxygens (including phenoxy) is 1. The van der Waals surface area contributed by atoms with Gasteiger partial charge in [0.15, 0.2) is 0 Å². The van der Waals surface area contributed by atoms with E-state index in [0.29, 0.717) is 11.8 Å². The average Bonchev–Trinajstić information content (AvgIpc) is 2.31. The number of Topliss-reactive ketones (excluding diaryl/α,β-unsaturated/α-hetero) is 1. The zero-order valence-electron chi connectivity index (χ0n) is 9.91. The van der Waals surface area contributed by atoms with E-state index in [4.69, 9.17) is 9.29 Å². The van der Waals surface area contributed by atoms with Gasteiger partial charge in [0.1, 0.15) is 10.7 Å². The van der Waals surface area contributed by atoms with Crippen molar-refractivity contribution in [2.24, 2.45) is 0 Å². The van der Waals surface area contributed by atoms with Gasteiger partial charge in [-0.15, -0.1) is 0 Å². The van der Waals surface area contributed by atoms with Crippen LogP contribution in [0, 0.1) is 0 Å². The lowest BCUT2D eigenvalue weighted by atomic mass is 9.95. The van der Waals surface area contributed by atoms with Gasteiger partial charge in [0.2, 0.25) is 11.6 Å². The highest BCUT2D eigenvalue weighted by molar-refractivity contribution is 7.95. The first-order chi connectivity index (χ1) is 8.34. The smallest absolute Gasteiger partial charge is 0.295 e. The number of allylic oxidation sites excluding steroid dienone is 1. The van der Waals surface area contributed by atoms with Crippen molar-refractivity contribution in [3.8, 4) is 5.75 Å². The summed E-state index contributed by atoms with van der Waals surface area (Å²) in [6.07, 6.45) is 0.618. The Labute approximate surface area is 109 Å². The molecule has 1 aromatic carbocycles. The number of benzene rings is 1. The molecule has 8 heteroatoms. The highest BCUT2D eigenvalue weighted by atomic mass is 32.2. The fourth-order valence-electron chi connectivity index (χ4n) is 1.66. The number of fused-ring (bicyclic) bond motifs is 1. The van der Waals surface area contributed by atoms with Gasteiger partial charge in [-0.1, -0.05) is 0 Å². The molecule has 19 heavy (non-hydrogen) atoms. The topological polar surface area (TPSA) is 133 Å². The minimum Gasteiger partial charge on any atom is -0.497 e. The average molecular weight is 285 g/mol. The van der Waals surface area contributed by atoms with E-state index in [9.17, 15) is 18.0 Å². The normalized spacial score (nSPS) is 14.3. The van der Waals surface area contributed by atoms with Crippen LogP contribution in [0.4, 0.5) is 0 Å². The van der Waals surface area contributed by atoms with Crippen molar-refractivity contribution in [1.29, 1.82) is 0 Å². The van der Waals surface area contributed by atoms with E-state index in [2.05, 4.69) is 0 Å². The Bertz CT molecular complexity index is 689. The van der Waals surface area contributed by atoms with Crippen LogP contribution in [0.15, 0.2) is 24.3 Å². The number of rotatable bonds is 2. The Kier molecular flexibility index (Phi) is 3.89. The van der Waals surface area contributed by atoms with Crippen molar-refractivity contribution in [1.82, 2.24) is 6.15 Å². The van der Waals surface area contributed by atoms with Gasteiger partial charge in [-0.2, -0.15) is 8.42 Å². The fraction of sp³-hybridized carbons (Fsp3) is 0.0909. The zero-order valence-corrected chi connectivity index (χ0v) is 10.7. The third-order valence-corrected chi connectivity index (χ3v) is 3.39. The molecule has 4 N–H and O–H groups in total. The lowest BCUT2D eigenvalue weighted by Crippen LogP contribution is -2.21. The summed E-state index contributed by atoms with van der Waals surface area (Å²) in [4.78, 5) is 22.4. The second-order valence-electron chi connectivity index (χ2n) is 3.59. The van der Waals surface area contributed by atoms with Crippen LogP contribution in [0.1, 0.15) is 15.9 Å². The summed E-state index contributed by atoms with van der Waals surface area (Å²) in [5.41, 5.74) is -0.114. The summed E-state index contributed by atoms with van der Waals surface area (Å²) in [5, 5.41) is 0. The molecule has 0 bridgehead atoms. The standard InChI is InChI=1S/C11H8O6S.H3N/c1-17-6-2-3-7-8(4-6)11(13)9(12)5-10(7)18(14,15)16;/h2-5H,1H3,(H,14,15,16);1H3. The van der Waals surface area contributed by atoms with E-state index in [-0.39, 0.29) is 17.3 Å². The van der Waals surface area contributed by atoms with Crippen molar-refractivity contribution >= 4 is 26.6 Å². The van der Waals surface area contributed by atoms with Crippen molar-refractivity contribution in [2.45, 2.75) is 0 Å². The second-order valence-corrected chi connectivity index (χ2v) is 4.98. The molecular weight excluding hydrogens is 274 g/mol. The van der Waals surface area contributed by atoms with E-state index >= 15 is 0 Å². The Morgan fingerprint density at radius 3 is 2.32 bits per heavy atom. The molecule has 0 atom stereocenters. The highest BCUT2D eigenvalue weighted by Gasteiger charge is 2.31. The first-order valence-electron chi connectivity index (χ1n) is 4.81. The molecule has 1 aliphatic carbocycles. The summed E-state index contributed by atoms with van der Waals surface area (Å²) in [7, 11) is -3.20. The fourth-order valence-corrected chi connectivity index (χ4v) is 2.37. The minimum atomic E-state index is -4.57. The molecule has 1 aliphatic rings. The summed E-state index contributed by atoms with van der Waals surface area (Å²) >= 11 is 0. The number of carbonyl (C=O) groups is 2. The Morgan fingerprint density at radius 2 is 1.79 bits per heavy atom. The summed E-state index contributed by atoms with van der Waals surface area (Å²) < 4.78 is 36.2. The largest absolute Gasteiger partial charge is 0.497 e. The molecule has 0 spiro atoms. The van der Waals surface area contributed by atoms with Gasteiger partial charge >= 0.3 is 0 Å². The first-order valence-corrected chi connectivity index (χ1v) is 6.25. The van der Waals surface area contributed by atoms with E-state index < -0.39 is 26.6 Å². The monoisotopic (exact) mass is 285 g/mol. The molecule has 0 radical (unpaired) electrons. The van der Waals surface area contributed by atoms with Gasteiger partial charge in [-0.25, -0.2) is 0 Å². The number of hydrogen-bond acceptors (Lipinski definition) is 6. The van der Waals surface area contributed by atoms with Crippen molar-refractivity contribution < 1.29 is 27.3 Å². The second kappa shape index (κ2) is 4.92. The molecule has 0 heterocycles. The number of hydrogen-bond donors (Lipinski definition) is 2. The van der Waals surface area contributed by atoms with Gasteiger partial charge in [-0.05, 0) is 18.2 Å². The van der Waals surface area contributed by atoms with Crippen LogP contribution >= 0.6 is 0 Å². The van der Waals surface area contributed by atoms with E-state index in [1.807, 2.05) is 0 Å². The molecule has 1 aromatic rings. The molecule has 0 aromatic heterocycles. The molecule has 0 saturated heterocycles. The summed E-state index contributed by atoms with van der Waals surface area (Å²) in [6.45, 7) is 0. The molecule has 0 amide bonds. The van der Waals surface area contributed by atoms with Gasteiger partial charge in [0.05, 0.1) is 7.11 Å². The molecule has 2 rings (SSSR count). The van der Waals surface area contributed by atoms with Gasteiger partial charge < -0.3 is 10.9 Å². The van der Waals surface area contributed by atoms with Crippen LogP contribution in [0.3, 0.4) is 0 Å². The van der Waals surface area contributed by atoms with Crippen molar-refractivity contribution in [2.75, 3.05) is 7.11 Å². The van der Waals surface area contributed by atoms with Crippen molar-refractivity contribution in [3.63, 3.8) is 0 Å². The molecule has 0 saturated carbocycles. The summed E-state index contributed by atoms with van der Waals surface area (Å²) in [6, 6.07) is 3.99. The molecule has 0 unspecified atom stereocenters. The lowest BCUT2D eigenvalue weighted by Gasteiger charge is -2.14. The predicted molar refractivity (Wildman–Crippen MR) is 66.9 cm³/mol. The predicted octanol–water partition coefficient (Wildman–Crippen LogP) is 0.851. The van der Waals surface area contributed by atoms with Gasteiger partial charge in [-0.3, -0.25) is 14.1 Å². The lowest BCUT2D eigenvalue weighted by molar-refractivity contribution is -0.110. The van der Waals surface area contributed by atoms with Crippen LogP contribution in [0.5, 0.6) is 5.75 Å². The maximum absolute atomic E-state index is 11.6. The van der Waals surface area contributed by atoms with Crippen LogP contribution in [-0.4, -0.2) is 31.6 Å². The molecule has 0 fully saturated rings. The number of methoxy groups -OCH3 is 1. The van der Waals surface area contributed by atoms with E-state index in [1.54, 1.807) is 0 Å². The van der Waals surface area contributed by atoms with E-state index in [1.165, 1.54) is 25.3 Å². The maximum atomic E-state index is 11.6. The third kappa shape index (κ3) is 2.55. The van der Waals surface area contributed by atoms with E-state index in [0.717, 1.165) is 0 Å². The zero-order chi connectivity index (χ0) is 13.5. The quantitative estimate of drug-likeness (QED) is 0.607. The molecule has 0 aliphatic heterocycles. The minimum absolute atomic E-state index is 0. The number of carbonyl (C=O) groups excluding carboxylic acids is 2. The van der Waals surface area contributed by atoms with Gasteiger partial charge in [0, 0.05) is 17.2 Å². The van der Waals surface area contributed by atoms with Crippen molar-refractivity contribution in [3.05, 3.63) is 35.4 Å². The molecule has 7 nitrogen and oxygen atoms in total. The van der Waals surface area contributed by atoms with Crippen LogP contribution in [0.2, 0.25) is 0 Å². The Hall–Kier alpha value is -2.03. The molecular formula is C11H11NO6S. The maximum Gasteiger partial charge on any atom is 0.295 e. The third-order valence-electron chi connectivity index (χ3n) is 2.50. The Morgan fingerprint density at radius 1 is 1.16 bits per heavy atom. The SMILES string of the molecule is COc1ccc2c(c1)C(=O)C(=O)C=C2S(=O)(=O)O.N. The van der Waals surface area contributed by atoms with Crippen LogP contribution in [0.25, 0.3) is 4.91 Å². The summed E-state index contributed by atoms with van der Waals surface area (Å²) in [5.74, 6) is -1.52. The Balaban J connectivity index is 0.00000180.